The summed E-state index contributed by atoms with van der Waals surface area (Å²) in [7, 11) is 2.39. The zero-order valence-electron chi connectivity index (χ0n) is 17.3. The van der Waals surface area contributed by atoms with Gasteiger partial charge in [-0.05, 0) is 37.6 Å². The minimum Gasteiger partial charge on any atom is -0.496 e. The summed E-state index contributed by atoms with van der Waals surface area (Å²) in [6.07, 6.45) is -5.99. The predicted molar refractivity (Wildman–Crippen MR) is 104 cm³/mol. The molecule has 0 bridgehead atoms. The predicted octanol–water partition coefficient (Wildman–Crippen LogP) is 3.85. The van der Waals surface area contributed by atoms with Gasteiger partial charge in [-0.1, -0.05) is 6.07 Å². The summed E-state index contributed by atoms with van der Waals surface area (Å²) < 4.78 is 70.7. The Balaban J connectivity index is 1.98. The molecule has 2 heterocycles. The first-order valence-corrected chi connectivity index (χ1v) is 9.43. The van der Waals surface area contributed by atoms with Gasteiger partial charge in [0.1, 0.15) is 23.4 Å². The smallest absolute Gasteiger partial charge is 0.417 e. The number of methoxy groups -OCH3 is 2. The van der Waals surface area contributed by atoms with E-state index in [1.165, 1.54) is 37.6 Å². The molecular weight excluding hydrogens is 436 g/mol. The molecule has 1 saturated heterocycles. The van der Waals surface area contributed by atoms with Gasteiger partial charge in [0.25, 0.3) is 5.91 Å². The lowest BCUT2D eigenvalue weighted by Crippen LogP contribution is -2.43. The quantitative estimate of drug-likeness (QED) is 0.544. The van der Waals surface area contributed by atoms with E-state index in [1.807, 2.05) is 0 Å². The molecule has 1 aliphatic rings. The molecule has 3 rings (SSSR count). The van der Waals surface area contributed by atoms with Gasteiger partial charge in [0.15, 0.2) is 5.60 Å². The van der Waals surface area contributed by atoms with Crippen LogP contribution in [0.15, 0.2) is 36.5 Å². The van der Waals surface area contributed by atoms with Crippen molar-refractivity contribution >= 4 is 17.6 Å². The molecule has 0 radical (unpaired) electrons. The monoisotopic (exact) mass is 456 g/mol. The zero-order valence-corrected chi connectivity index (χ0v) is 17.3. The first-order valence-electron chi connectivity index (χ1n) is 9.43. The molecule has 1 aromatic heterocycles. The minimum atomic E-state index is -4.81. The number of rotatable bonds is 5. The third-order valence-corrected chi connectivity index (χ3v) is 5.25. The molecule has 32 heavy (non-hydrogen) atoms. The Morgan fingerprint density at radius 2 is 1.97 bits per heavy atom. The molecule has 0 unspecified atom stereocenters. The van der Waals surface area contributed by atoms with Gasteiger partial charge in [-0.2, -0.15) is 13.2 Å². The first-order chi connectivity index (χ1) is 15.0. The molecule has 1 aromatic carbocycles. The number of ether oxygens (including phenoxy) is 3. The standard InChI is InChI=1S/C21H20F4N2O5/c1-20(21(23,24)25)10-12(16-13(22)5-4-6-15(16)30-2)17(32-20)18(28)27-11-7-8-26-14(9-11)19(29)31-3/h4-9,12,17H,10H2,1-3H3,(H,26,27,28)/t12-,17+,20+/m0/s1. The zero-order chi connectivity index (χ0) is 23.7. The largest absolute Gasteiger partial charge is 0.496 e. The van der Waals surface area contributed by atoms with Gasteiger partial charge in [0.2, 0.25) is 0 Å². The van der Waals surface area contributed by atoms with Crippen molar-refractivity contribution in [1.29, 1.82) is 0 Å². The number of hydrogen-bond acceptors (Lipinski definition) is 6. The normalized spacial score (nSPS) is 23.0. The van der Waals surface area contributed by atoms with Crippen molar-refractivity contribution in [2.45, 2.75) is 37.1 Å². The van der Waals surface area contributed by atoms with E-state index < -0.39 is 47.9 Å². The third-order valence-electron chi connectivity index (χ3n) is 5.25. The second-order valence-corrected chi connectivity index (χ2v) is 7.34. The van der Waals surface area contributed by atoms with Crippen molar-refractivity contribution in [3.05, 3.63) is 53.6 Å². The number of benzene rings is 1. The number of nitrogens with zero attached hydrogens (tertiary/aromatic N) is 1. The fraction of sp³-hybridized carbons (Fsp3) is 0.381. The van der Waals surface area contributed by atoms with E-state index in [-0.39, 0.29) is 22.7 Å². The van der Waals surface area contributed by atoms with Crippen LogP contribution in [0.2, 0.25) is 0 Å². The van der Waals surface area contributed by atoms with E-state index >= 15 is 0 Å². The number of esters is 1. The summed E-state index contributed by atoms with van der Waals surface area (Å²) in [5.74, 6) is -3.83. The maximum absolute atomic E-state index is 14.7. The molecule has 3 atom stereocenters. The highest BCUT2D eigenvalue weighted by atomic mass is 19.4. The summed E-state index contributed by atoms with van der Waals surface area (Å²) in [5.41, 5.74) is -2.92. The van der Waals surface area contributed by atoms with Gasteiger partial charge in [-0.15, -0.1) is 0 Å². The summed E-state index contributed by atoms with van der Waals surface area (Å²) in [6.45, 7) is 0.808. The number of amides is 1. The molecule has 1 N–H and O–H groups in total. The number of pyridine rings is 1. The van der Waals surface area contributed by atoms with E-state index in [1.54, 1.807) is 0 Å². The van der Waals surface area contributed by atoms with E-state index in [4.69, 9.17) is 9.47 Å². The van der Waals surface area contributed by atoms with E-state index in [2.05, 4.69) is 15.0 Å². The minimum absolute atomic E-state index is 0.000266. The Hall–Kier alpha value is -3.21. The van der Waals surface area contributed by atoms with Gasteiger partial charge in [-0.25, -0.2) is 14.2 Å². The van der Waals surface area contributed by atoms with Gasteiger partial charge in [-0.3, -0.25) is 4.79 Å². The molecule has 1 fully saturated rings. The summed E-state index contributed by atoms with van der Waals surface area (Å²) in [6, 6.07) is 6.34. The molecule has 7 nitrogen and oxygen atoms in total. The summed E-state index contributed by atoms with van der Waals surface area (Å²) in [5, 5.41) is 2.41. The first kappa shape index (κ1) is 23.5. The number of carbonyl (C=O) groups excluding carboxylic acids is 2. The van der Waals surface area contributed by atoms with Crippen LogP contribution in [0, 0.1) is 5.82 Å². The van der Waals surface area contributed by atoms with E-state index in [0.29, 0.717) is 0 Å². The fourth-order valence-corrected chi connectivity index (χ4v) is 3.60. The van der Waals surface area contributed by atoms with Crippen LogP contribution < -0.4 is 10.1 Å². The van der Waals surface area contributed by atoms with Crippen LogP contribution in [-0.4, -0.2) is 49.0 Å². The van der Waals surface area contributed by atoms with Crippen molar-refractivity contribution in [3.8, 4) is 5.75 Å². The molecular formula is C21H20F4N2O5. The van der Waals surface area contributed by atoms with Gasteiger partial charge in [0, 0.05) is 23.4 Å². The Morgan fingerprint density at radius 3 is 2.59 bits per heavy atom. The van der Waals surface area contributed by atoms with Crippen molar-refractivity contribution in [1.82, 2.24) is 4.98 Å². The van der Waals surface area contributed by atoms with Crippen molar-refractivity contribution in [2.75, 3.05) is 19.5 Å². The fourth-order valence-electron chi connectivity index (χ4n) is 3.60. The lowest BCUT2D eigenvalue weighted by atomic mass is 9.85. The van der Waals surface area contributed by atoms with Crippen LogP contribution in [0.3, 0.4) is 0 Å². The second kappa shape index (κ2) is 8.73. The van der Waals surface area contributed by atoms with E-state index in [9.17, 15) is 27.2 Å². The maximum atomic E-state index is 14.7. The number of hydrogen-bond donors (Lipinski definition) is 1. The molecule has 0 spiro atoms. The molecule has 0 aliphatic carbocycles. The third kappa shape index (κ3) is 4.38. The summed E-state index contributed by atoms with van der Waals surface area (Å²) in [4.78, 5) is 28.4. The van der Waals surface area contributed by atoms with Crippen LogP contribution in [-0.2, 0) is 14.3 Å². The number of aromatic nitrogens is 1. The van der Waals surface area contributed by atoms with Crippen molar-refractivity contribution < 1.29 is 41.4 Å². The Bertz CT molecular complexity index is 1030. The summed E-state index contributed by atoms with van der Waals surface area (Å²) >= 11 is 0. The SMILES string of the molecule is COC(=O)c1cc(NC(=O)[C@@H]2O[C@@](C)(C(F)(F)F)C[C@H]2c2c(F)cccc2OC)ccn1. The number of alkyl halides is 3. The molecule has 11 heteroatoms. The molecule has 172 valence electrons. The topological polar surface area (TPSA) is 86.8 Å². The van der Waals surface area contributed by atoms with Crippen molar-refractivity contribution in [3.63, 3.8) is 0 Å². The number of nitrogens with one attached hydrogen (secondary N) is 1. The molecule has 1 amide bonds. The highest BCUT2D eigenvalue weighted by Crippen LogP contribution is 2.51. The highest BCUT2D eigenvalue weighted by Gasteiger charge is 2.61. The Labute approximate surface area is 180 Å². The lowest BCUT2D eigenvalue weighted by molar-refractivity contribution is -0.261. The second-order valence-electron chi connectivity index (χ2n) is 7.34. The number of carbonyl (C=O) groups is 2. The Kier molecular flexibility index (Phi) is 6.40. The van der Waals surface area contributed by atoms with Crippen LogP contribution in [0.4, 0.5) is 23.2 Å². The lowest BCUT2D eigenvalue weighted by Gasteiger charge is -2.27. The van der Waals surface area contributed by atoms with Crippen LogP contribution >= 0.6 is 0 Å². The molecule has 0 saturated carbocycles. The molecule has 2 aromatic rings. The molecule has 1 aliphatic heterocycles. The van der Waals surface area contributed by atoms with Gasteiger partial charge < -0.3 is 19.5 Å². The van der Waals surface area contributed by atoms with E-state index in [0.717, 1.165) is 20.1 Å². The van der Waals surface area contributed by atoms with Crippen molar-refractivity contribution in [2.24, 2.45) is 0 Å². The van der Waals surface area contributed by atoms with Crippen LogP contribution in [0.5, 0.6) is 5.75 Å². The van der Waals surface area contributed by atoms with Gasteiger partial charge >= 0.3 is 12.1 Å². The van der Waals surface area contributed by atoms with Gasteiger partial charge in [0.05, 0.1) is 14.2 Å². The maximum Gasteiger partial charge on any atom is 0.417 e. The number of halogens is 4. The Morgan fingerprint density at radius 1 is 1.25 bits per heavy atom. The van der Waals surface area contributed by atoms with Crippen LogP contribution in [0.1, 0.15) is 35.3 Å². The average Bonchev–Trinajstić information content (AvgIpc) is 3.11. The number of anilines is 1. The average molecular weight is 456 g/mol. The highest BCUT2D eigenvalue weighted by molar-refractivity contribution is 5.96. The van der Waals surface area contributed by atoms with Crippen LogP contribution in [0.25, 0.3) is 0 Å².